The molecule has 1 rings (SSSR count). The highest BCUT2D eigenvalue weighted by Crippen LogP contribution is 2.11. The number of aliphatic hydroxyl groups is 1. The minimum atomic E-state index is -0.437. The molecule has 96 valence electrons. The average molecular weight is 236 g/mol. The predicted octanol–water partition coefficient (Wildman–Crippen LogP) is 1.61. The fourth-order valence-corrected chi connectivity index (χ4v) is 1.82. The Bertz CT molecular complexity index is 302. The van der Waals surface area contributed by atoms with Crippen molar-refractivity contribution in [1.82, 2.24) is 4.90 Å². The summed E-state index contributed by atoms with van der Waals surface area (Å²) in [4.78, 5) is 2.28. The molecule has 2 atom stereocenters. The summed E-state index contributed by atoms with van der Waals surface area (Å²) in [7, 11) is 0. The molecular weight excluding hydrogens is 212 g/mol. The van der Waals surface area contributed by atoms with Crippen molar-refractivity contribution in [3.63, 3.8) is 0 Å². The van der Waals surface area contributed by atoms with E-state index in [0.717, 1.165) is 13.0 Å². The third-order valence-corrected chi connectivity index (χ3v) is 3.16. The van der Waals surface area contributed by atoms with Crippen LogP contribution in [0.3, 0.4) is 0 Å². The zero-order chi connectivity index (χ0) is 12.7. The van der Waals surface area contributed by atoms with Crippen molar-refractivity contribution in [2.45, 2.75) is 39.0 Å². The molecule has 1 aromatic carbocycles. The third kappa shape index (κ3) is 4.86. The number of hydrogen-bond acceptors (Lipinski definition) is 3. The Morgan fingerprint density at radius 2 is 1.94 bits per heavy atom. The van der Waals surface area contributed by atoms with E-state index in [0.29, 0.717) is 19.1 Å². The third-order valence-electron chi connectivity index (χ3n) is 3.16. The number of rotatable bonds is 7. The van der Waals surface area contributed by atoms with Gasteiger partial charge in [-0.25, -0.2) is 0 Å². The molecule has 1 unspecified atom stereocenters. The Labute approximate surface area is 104 Å². The maximum absolute atomic E-state index is 9.68. The van der Waals surface area contributed by atoms with Crippen LogP contribution in [0.25, 0.3) is 0 Å². The van der Waals surface area contributed by atoms with Crippen LogP contribution < -0.4 is 5.73 Å². The van der Waals surface area contributed by atoms with Crippen molar-refractivity contribution in [2.75, 3.05) is 13.1 Å². The van der Waals surface area contributed by atoms with Gasteiger partial charge in [-0.05, 0) is 18.9 Å². The van der Waals surface area contributed by atoms with Crippen molar-refractivity contribution < 1.29 is 5.11 Å². The zero-order valence-corrected chi connectivity index (χ0v) is 10.8. The maximum Gasteiger partial charge on any atom is 0.0789 e. The van der Waals surface area contributed by atoms with Crippen LogP contribution >= 0.6 is 0 Å². The van der Waals surface area contributed by atoms with Crippen LogP contribution in [0.1, 0.15) is 25.8 Å². The van der Waals surface area contributed by atoms with Gasteiger partial charge in [-0.15, -0.1) is 0 Å². The van der Waals surface area contributed by atoms with E-state index < -0.39 is 6.10 Å². The van der Waals surface area contributed by atoms with Crippen LogP contribution in [-0.4, -0.2) is 35.2 Å². The minimum absolute atomic E-state index is 0.321. The molecule has 0 saturated heterocycles. The second kappa shape index (κ2) is 7.43. The van der Waals surface area contributed by atoms with Crippen LogP contribution in [-0.2, 0) is 6.54 Å². The molecule has 0 aliphatic carbocycles. The van der Waals surface area contributed by atoms with Crippen LogP contribution in [0.2, 0.25) is 0 Å². The maximum atomic E-state index is 9.68. The molecule has 0 aliphatic heterocycles. The first-order valence-corrected chi connectivity index (χ1v) is 6.33. The molecule has 3 heteroatoms. The van der Waals surface area contributed by atoms with Gasteiger partial charge in [-0.1, -0.05) is 37.3 Å². The first-order valence-electron chi connectivity index (χ1n) is 6.33. The fraction of sp³-hybridized carbons (Fsp3) is 0.571. The van der Waals surface area contributed by atoms with Gasteiger partial charge < -0.3 is 10.8 Å². The average Bonchev–Trinajstić information content (AvgIpc) is 2.38. The molecular formula is C14H24N2O. The van der Waals surface area contributed by atoms with Crippen molar-refractivity contribution in [1.29, 1.82) is 0 Å². The summed E-state index contributed by atoms with van der Waals surface area (Å²) in [6.45, 7) is 6.18. The summed E-state index contributed by atoms with van der Waals surface area (Å²) in [5, 5.41) is 9.68. The fourth-order valence-electron chi connectivity index (χ4n) is 1.82. The van der Waals surface area contributed by atoms with Crippen molar-refractivity contribution >= 4 is 0 Å². The molecule has 0 spiro atoms. The normalized spacial score (nSPS) is 14.9. The SMILES string of the molecule is CCC(C)N(Cc1ccccc1)C[C@H](O)CN. The highest BCUT2D eigenvalue weighted by atomic mass is 16.3. The zero-order valence-electron chi connectivity index (χ0n) is 10.8. The van der Waals surface area contributed by atoms with Crippen LogP contribution in [0.5, 0.6) is 0 Å². The van der Waals surface area contributed by atoms with Crippen LogP contribution in [0.15, 0.2) is 30.3 Å². The van der Waals surface area contributed by atoms with Gasteiger partial charge in [-0.2, -0.15) is 0 Å². The largest absolute Gasteiger partial charge is 0.390 e. The van der Waals surface area contributed by atoms with Crippen molar-refractivity contribution in [3.05, 3.63) is 35.9 Å². The van der Waals surface area contributed by atoms with Gasteiger partial charge in [0, 0.05) is 25.7 Å². The molecule has 3 nitrogen and oxygen atoms in total. The molecule has 0 radical (unpaired) electrons. The Kier molecular flexibility index (Phi) is 6.19. The Morgan fingerprint density at radius 3 is 2.47 bits per heavy atom. The lowest BCUT2D eigenvalue weighted by Gasteiger charge is -2.30. The van der Waals surface area contributed by atoms with E-state index in [-0.39, 0.29) is 0 Å². The summed E-state index contributed by atoms with van der Waals surface area (Å²) < 4.78 is 0. The van der Waals surface area contributed by atoms with E-state index in [1.54, 1.807) is 0 Å². The molecule has 0 bridgehead atoms. The number of aliphatic hydroxyl groups excluding tert-OH is 1. The predicted molar refractivity (Wildman–Crippen MR) is 71.7 cm³/mol. The lowest BCUT2D eigenvalue weighted by Crippen LogP contribution is -2.40. The van der Waals surface area contributed by atoms with Crippen molar-refractivity contribution in [3.8, 4) is 0 Å². The van der Waals surface area contributed by atoms with Crippen LogP contribution in [0.4, 0.5) is 0 Å². The summed E-state index contributed by atoms with van der Waals surface area (Å²) in [5.41, 5.74) is 6.75. The highest BCUT2D eigenvalue weighted by molar-refractivity contribution is 5.14. The van der Waals surface area contributed by atoms with Crippen molar-refractivity contribution in [2.24, 2.45) is 5.73 Å². The Hall–Kier alpha value is -0.900. The molecule has 0 fully saturated rings. The van der Waals surface area contributed by atoms with E-state index >= 15 is 0 Å². The highest BCUT2D eigenvalue weighted by Gasteiger charge is 2.15. The molecule has 17 heavy (non-hydrogen) atoms. The Morgan fingerprint density at radius 1 is 1.29 bits per heavy atom. The second-order valence-corrected chi connectivity index (χ2v) is 4.56. The number of benzene rings is 1. The molecule has 0 aromatic heterocycles. The smallest absolute Gasteiger partial charge is 0.0789 e. The van der Waals surface area contributed by atoms with Gasteiger partial charge in [0.15, 0.2) is 0 Å². The molecule has 3 N–H and O–H groups in total. The van der Waals surface area contributed by atoms with E-state index in [1.165, 1.54) is 5.56 Å². The number of nitrogens with zero attached hydrogens (tertiary/aromatic N) is 1. The van der Waals surface area contributed by atoms with E-state index in [1.807, 2.05) is 18.2 Å². The number of nitrogens with two attached hydrogens (primary N) is 1. The monoisotopic (exact) mass is 236 g/mol. The van der Waals surface area contributed by atoms with Crippen LogP contribution in [0, 0.1) is 0 Å². The lowest BCUT2D eigenvalue weighted by atomic mass is 10.1. The first-order chi connectivity index (χ1) is 8.17. The van der Waals surface area contributed by atoms with E-state index in [9.17, 15) is 5.11 Å². The Balaban J connectivity index is 2.63. The minimum Gasteiger partial charge on any atom is -0.390 e. The quantitative estimate of drug-likeness (QED) is 0.756. The molecule has 1 aromatic rings. The van der Waals surface area contributed by atoms with Gasteiger partial charge in [0.05, 0.1) is 6.10 Å². The molecule has 0 aliphatic rings. The summed E-state index contributed by atoms with van der Waals surface area (Å²) >= 11 is 0. The molecule has 0 amide bonds. The van der Waals surface area contributed by atoms with E-state index in [4.69, 9.17) is 5.73 Å². The van der Waals surface area contributed by atoms with Gasteiger partial charge in [0.25, 0.3) is 0 Å². The standard InChI is InChI=1S/C14H24N2O/c1-3-12(2)16(11-14(17)9-15)10-13-7-5-4-6-8-13/h4-8,12,14,17H,3,9-11,15H2,1-2H3/t12?,14-/m1/s1. The first kappa shape index (κ1) is 14.2. The van der Waals surface area contributed by atoms with Gasteiger partial charge in [0.1, 0.15) is 0 Å². The molecule has 0 saturated carbocycles. The molecule has 0 heterocycles. The van der Waals surface area contributed by atoms with Gasteiger partial charge >= 0.3 is 0 Å². The van der Waals surface area contributed by atoms with Gasteiger partial charge in [0.2, 0.25) is 0 Å². The number of hydrogen-bond donors (Lipinski definition) is 2. The summed E-state index contributed by atoms with van der Waals surface area (Å²) in [5.74, 6) is 0. The summed E-state index contributed by atoms with van der Waals surface area (Å²) in [6, 6.07) is 10.8. The second-order valence-electron chi connectivity index (χ2n) is 4.56. The lowest BCUT2D eigenvalue weighted by molar-refractivity contribution is 0.0899. The van der Waals surface area contributed by atoms with E-state index in [2.05, 4.69) is 30.9 Å². The topological polar surface area (TPSA) is 49.5 Å². The van der Waals surface area contributed by atoms with Gasteiger partial charge in [-0.3, -0.25) is 4.90 Å². The summed E-state index contributed by atoms with van der Waals surface area (Å²) in [6.07, 6.45) is 0.636.